The van der Waals surface area contributed by atoms with E-state index in [1.807, 2.05) is 0 Å². The minimum absolute atomic E-state index is 0.281. The van der Waals surface area contributed by atoms with E-state index >= 15 is 0 Å². The van der Waals surface area contributed by atoms with Crippen LogP contribution < -0.4 is 5.21 Å². The molecule has 4 nitrogen and oxygen atoms in total. The molecular formula is H2N4P+. The Balaban J connectivity index is 3.13. The van der Waals surface area contributed by atoms with Crippen molar-refractivity contribution < 1.29 is 5.21 Å². The van der Waals surface area contributed by atoms with Crippen LogP contribution in [0.2, 0.25) is 0 Å². The molecule has 1 rings (SSSR count). The quantitative estimate of drug-likeness (QED) is 0.397. The third-order valence-corrected chi connectivity index (χ3v) is 0.629. The summed E-state index contributed by atoms with van der Waals surface area (Å²) in [4.78, 5) is 6.99. The van der Waals surface area contributed by atoms with Gasteiger partial charge in [0.1, 0.15) is 0 Å². The second kappa shape index (κ2) is 1.08. The lowest BCUT2D eigenvalue weighted by atomic mass is 12.7. The molecule has 0 aromatic carbocycles. The highest BCUT2D eigenvalue weighted by molar-refractivity contribution is 7.19. The number of hydrogen-bond donors (Lipinski definition) is 0. The maximum atomic E-state index is 3.53. The van der Waals surface area contributed by atoms with Gasteiger partial charge in [0.2, 0.25) is 0 Å². The molecule has 0 radical (unpaired) electrons. The highest BCUT2D eigenvalue weighted by Crippen LogP contribution is 1.70. The molecule has 0 bridgehead atoms. The summed E-state index contributed by atoms with van der Waals surface area (Å²) in [5.41, 5.74) is 0. The van der Waals surface area contributed by atoms with Gasteiger partial charge < -0.3 is 0 Å². The zero-order valence-corrected chi connectivity index (χ0v) is 3.34. The Kier molecular flexibility index (Phi) is 0.588. The first kappa shape index (κ1) is 2.72. The number of H-pyrrole nitrogens is 1. The maximum absolute atomic E-state index is 3.53. The lowest BCUT2D eigenvalue weighted by Crippen LogP contribution is -2.03. The summed E-state index contributed by atoms with van der Waals surface area (Å²) < 4.78 is 0. The predicted molar refractivity (Wildman–Crippen MR) is 15.9 cm³/mol. The van der Waals surface area contributed by atoms with Gasteiger partial charge in [-0.2, -0.15) is 0 Å². The van der Waals surface area contributed by atoms with Crippen LogP contribution in [0.4, 0.5) is 0 Å². The van der Waals surface area contributed by atoms with Crippen LogP contribution in [-0.2, 0) is 0 Å². The highest BCUT2D eigenvalue weighted by atomic mass is 31.1. The van der Waals surface area contributed by atoms with E-state index in [1.54, 1.807) is 0 Å². The lowest BCUT2D eigenvalue weighted by Gasteiger charge is -1.29. The maximum Gasteiger partial charge on any atom is 0.251 e. The summed E-state index contributed by atoms with van der Waals surface area (Å²) in [6.45, 7) is 0. The van der Waals surface area contributed by atoms with Crippen molar-refractivity contribution in [1.29, 1.82) is 0 Å². The molecule has 1 heterocycles. The van der Waals surface area contributed by atoms with Gasteiger partial charge in [0.15, 0.2) is 5.21 Å². The van der Waals surface area contributed by atoms with Gasteiger partial charge in [-0.1, -0.05) is 0 Å². The van der Waals surface area contributed by atoms with Crippen molar-refractivity contribution in [2.75, 3.05) is 0 Å². The molecule has 0 saturated heterocycles. The molecule has 1 N–H and O–H groups in total. The van der Waals surface area contributed by atoms with Crippen LogP contribution in [0.3, 0.4) is 0 Å². The van der Waals surface area contributed by atoms with Crippen LogP contribution in [0.1, 0.15) is 0 Å². The Hall–Kier alpha value is -0.500. The van der Waals surface area contributed by atoms with E-state index in [9.17, 15) is 0 Å². The number of aromatic amines is 1. The summed E-state index contributed by atoms with van der Waals surface area (Å²) in [7, 11) is 0.281. The average molecular weight is 89.0 g/mol. The Morgan fingerprint density at radius 2 is 2.60 bits per heavy atom. The molecule has 0 amide bonds. The largest absolute Gasteiger partial charge is 0.251 e. The topological polar surface area (TPSA) is 52.8 Å². The molecule has 5 heteroatoms. The summed E-state index contributed by atoms with van der Waals surface area (Å²) in [5.74, 6) is 0. The molecule has 1 aromatic rings. The first-order valence-corrected chi connectivity index (χ1v) is 1.99. The third-order valence-electron chi connectivity index (χ3n) is 0.239. The van der Waals surface area contributed by atoms with Crippen LogP contribution >= 0.6 is 8.51 Å². The molecular weight excluding hydrogens is 87.0 g/mol. The third kappa shape index (κ3) is 0.389. The normalized spacial score (nSPS) is 9.60. The molecule has 5 heavy (non-hydrogen) atoms. The monoisotopic (exact) mass is 89.0 g/mol. The van der Waals surface area contributed by atoms with Gasteiger partial charge in [0.05, 0.1) is 4.86 Å². The molecule has 1 aromatic heterocycles. The van der Waals surface area contributed by atoms with E-state index < -0.39 is 0 Å². The molecule has 0 aliphatic carbocycles. The number of aromatic nitrogens is 4. The van der Waals surface area contributed by atoms with Crippen molar-refractivity contribution >= 4 is 8.51 Å². The van der Waals surface area contributed by atoms with Gasteiger partial charge in [-0.3, -0.25) is 0 Å². The van der Waals surface area contributed by atoms with Gasteiger partial charge in [0, 0.05) is 0 Å². The zero-order chi connectivity index (χ0) is 3.54. The fraction of sp³-hybridized carbons (Fsp3) is 0. The molecule has 0 spiro atoms. The average Bonchev–Trinajstić information content (AvgIpc) is 1.76. The van der Waals surface area contributed by atoms with Crippen LogP contribution in [-0.4, -0.2) is 14.9 Å². The van der Waals surface area contributed by atoms with Crippen molar-refractivity contribution in [2.24, 2.45) is 0 Å². The van der Waals surface area contributed by atoms with Crippen LogP contribution in [0.5, 0.6) is 0 Å². The SMILES string of the molecule is n1n[pH]n[nH+]1. The fourth-order valence-electron chi connectivity index (χ4n) is 0.112. The molecule has 0 fully saturated rings. The molecule has 1 unspecified atom stereocenters. The Bertz CT molecular complexity index is 60.1. The van der Waals surface area contributed by atoms with E-state index in [1.165, 1.54) is 0 Å². The van der Waals surface area contributed by atoms with Crippen LogP contribution in [0.25, 0.3) is 0 Å². The van der Waals surface area contributed by atoms with Gasteiger partial charge >= 0.3 is 0 Å². The van der Waals surface area contributed by atoms with Gasteiger partial charge in [-0.15, -0.1) is 0 Å². The number of nitrogens with zero attached hydrogens (tertiary/aromatic N) is 3. The van der Waals surface area contributed by atoms with Crippen molar-refractivity contribution in [3.63, 3.8) is 0 Å². The first-order chi connectivity index (χ1) is 2.50. The van der Waals surface area contributed by atoms with E-state index in [4.69, 9.17) is 0 Å². The Morgan fingerprint density at radius 1 is 1.60 bits per heavy atom. The zero-order valence-electron chi connectivity index (χ0n) is 2.34. The molecule has 0 aliphatic rings. The molecule has 1 atom stereocenters. The number of rotatable bonds is 0. The van der Waals surface area contributed by atoms with Gasteiger partial charge in [-0.25, -0.2) is 0 Å². The molecule has 0 aliphatic heterocycles. The van der Waals surface area contributed by atoms with E-state index in [-0.39, 0.29) is 8.51 Å². The number of hydrogen-bond acceptors (Lipinski definition) is 3. The standard InChI is InChI=1S/HN4P/c1-2-4-5-3-1/h5H/p+1. The summed E-state index contributed by atoms with van der Waals surface area (Å²) >= 11 is 0. The van der Waals surface area contributed by atoms with Crippen LogP contribution in [0, 0.1) is 0 Å². The second-order valence-corrected chi connectivity index (χ2v) is 1.14. The van der Waals surface area contributed by atoms with E-state index in [0.29, 0.717) is 0 Å². The number of nitrogens with one attached hydrogen (secondary N) is 1. The highest BCUT2D eigenvalue weighted by Gasteiger charge is 1.73. The van der Waals surface area contributed by atoms with Crippen LogP contribution in [0.15, 0.2) is 0 Å². The first-order valence-electron chi connectivity index (χ1n) is 1.09. The smallest absolute Gasteiger partial charge is 0.0428 e. The summed E-state index contributed by atoms with van der Waals surface area (Å²) in [6.07, 6.45) is 0. The van der Waals surface area contributed by atoms with Crippen molar-refractivity contribution in [3.8, 4) is 0 Å². The van der Waals surface area contributed by atoms with Crippen molar-refractivity contribution in [3.05, 3.63) is 0 Å². The predicted octanol–water partition coefficient (Wildman–Crippen LogP) is -1.28. The van der Waals surface area contributed by atoms with Gasteiger partial charge in [0.25, 0.3) is 8.51 Å². The minimum Gasteiger partial charge on any atom is -0.0428 e. The Morgan fingerprint density at radius 3 is 2.80 bits per heavy atom. The summed E-state index contributed by atoms with van der Waals surface area (Å²) in [6, 6.07) is 0. The second-order valence-electron chi connectivity index (χ2n) is 0.512. The summed E-state index contributed by atoms with van der Waals surface area (Å²) in [5, 5.41) is 5.62. The van der Waals surface area contributed by atoms with Gasteiger partial charge in [-0.05, 0) is 10.1 Å². The fourth-order valence-corrected chi connectivity index (χ4v) is 0.335. The Labute approximate surface area is 29.8 Å². The molecule has 26 valence electrons. The minimum atomic E-state index is 0.281. The lowest BCUT2D eigenvalue weighted by molar-refractivity contribution is -0.518. The van der Waals surface area contributed by atoms with Crippen molar-refractivity contribution in [1.82, 2.24) is 14.9 Å². The van der Waals surface area contributed by atoms with Crippen molar-refractivity contribution in [2.45, 2.75) is 0 Å². The molecule has 0 saturated carbocycles. The van der Waals surface area contributed by atoms with E-state index in [0.717, 1.165) is 0 Å². The van der Waals surface area contributed by atoms with E-state index in [2.05, 4.69) is 20.1 Å².